The van der Waals surface area contributed by atoms with E-state index in [1.165, 1.54) is 0 Å². The number of nitrogens with zero attached hydrogens (tertiary/aromatic N) is 1. The number of pyridine rings is 1. The van der Waals surface area contributed by atoms with E-state index in [1.807, 2.05) is 41.1 Å². The highest BCUT2D eigenvalue weighted by atomic mass is 16.3. The predicted octanol–water partition coefficient (Wildman–Crippen LogP) is 2.02. The lowest BCUT2D eigenvalue weighted by molar-refractivity contribution is -0.661. The molecule has 70 valence electrons. The molecule has 0 amide bonds. The summed E-state index contributed by atoms with van der Waals surface area (Å²) in [6, 6.07) is 9.46. The highest BCUT2D eigenvalue weighted by Crippen LogP contribution is 2.19. The number of phenolic OH excluding ortho intramolecular Hbond substituents is 1. The van der Waals surface area contributed by atoms with Crippen molar-refractivity contribution in [2.45, 2.75) is 6.54 Å². The Bertz CT molecular complexity index is 471. The maximum atomic E-state index is 9.72. The molecule has 0 aliphatic heterocycles. The van der Waals surface area contributed by atoms with Crippen LogP contribution >= 0.6 is 0 Å². The van der Waals surface area contributed by atoms with Gasteiger partial charge in [0.05, 0.1) is 5.39 Å². The van der Waals surface area contributed by atoms with Crippen LogP contribution in [0.4, 0.5) is 0 Å². The number of fused-ring (bicyclic) bond motifs is 1. The van der Waals surface area contributed by atoms with Crippen molar-refractivity contribution in [1.29, 1.82) is 0 Å². The molecule has 2 aromatic rings. The third-order valence-corrected chi connectivity index (χ3v) is 2.20. The quantitative estimate of drug-likeness (QED) is 0.563. The Morgan fingerprint density at radius 2 is 2.07 bits per heavy atom. The zero-order valence-electron chi connectivity index (χ0n) is 7.85. The molecule has 0 bridgehead atoms. The second kappa shape index (κ2) is 3.50. The highest BCUT2D eigenvalue weighted by Gasteiger charge is 2.10. The van der Waals surface area contributed by atoms with Crippen LogP contribution in [0.25, 0.3) is 10.9 Å². The Labute approximate surface area is 82.7 Å². The van der Waals surface area contributed by atoms with E-state index in [4.69, 9.17) is 0 Å². The molecule has 2 nitrogen and oxygen atoms in total. The molecular formula is C12H12NO+. The lowest BCUT2D eigenvalue weighted by atomic mass is 10.2. The fourth-order valence-electron chi connectivity index (χ4n) is 1.61. The Morgan fingerprint density at radius 3 is 2.86 bits per heavy atom. The summed E-state index contributed by atoms with van der Waals surface area (Å²) < 4.78 is 1.97. The topological polar surface area (TPSA) is 24.1 Å². The number of para-hydroxylation sites is 1. The number of rotatable bonds is 2. The summed E-state index contributed by atoms with van der Waals surface area (Å²) in [5.41, 5.74) is 0.856. The monoisotopic (exact) mass is 186 g/mol. The number of benzene rings is 1. The Kier molecular flexibility index (Phi) is 2.19. The van der Waals surface area contributed by atoms with Crippen molar-refractivity contribution in [3.8, 4) is 5.75 Å². The Balaban J connectivity index is 2.77. The molecule has 0 aliphatic carbocycles. The fourth-order valence-corrected chi connectivity index (χ4v) is 1.61. The first kappa shape index (κ1) is 8.75. The second-order valence-corrected chi connectivity index (χ2v) is 3.16. The maximum Gasteiger partial charge on any atom is 0.254 e. The lowest BCUT2D eigenvalue weighted by Gasteiger charge is -1.99. The molecular weight excluding hydrogens is 174 g/mol. The molecule has 2 heteroatoms. The van der Waals surface area contributed by atoms with Crippen molar-refractivity contribution in [1.82, 2.24) is 0 Å². The van der Waals surface area contributed by atoms with Crippen LogP contribution in [0.3, 0.4) is 0 Å². The molecule has 0 fully saturated rings. The third-order valence-electron chi connectivity index (χ3n) is 2.20. The Morgan fingerprint density at radius 1 is 1.29 bits per heavy atom. The van der Waals surface area contributed by atoms with Gasteiger partial charge < -0.3 is 5.11 Å². The molecule has 0 atom stereocenters. The molecule has 0 unspecified atom stereocenters. The van der Waals surface area contributed by atoms with Gasteiger partial charge in [-0.05, 0) is 24.3 Å². The fraction of sp³-hybridized carbons (Fsp3) is 0.0833. The van der Waals surface area contributed by atoms with Gasteiger partial charge in [0.25, 0.3) is 5.52 Å². The van der Waals surface area contributed by atoms with Crippen molar-refractivity contribution in [2.75, 3.05) is 0 Å². The van der Waals surface area contributed by atoms with Gasteiger partial charge in [-0.2, -0.15) is 4.57 Å². The first-order valence-electron chi connectivity index (χ1n) is 4.54. The van der Waals surface area contributed by atoms with Crippen LogP contribution in [0, 0.1) is 0 Å². The van der Waals surface area contributed by atoms with Gasteiger partial charge in [0.15, 0.2) is 18.5 Å². The van der Waals surface area contributed by atoms with Crippen LogP contribution in [0.1, 0.15) is 0 Å². The summed E-state index contributed by atoms with van der Waals surface area (Å²) in [7, 11) is 0. The first-order valence-corrected chi connectivity index (χ1v) is 4.54. The van der Waals surface area contributed by atoms with Crippen molar-refractivity contribution in [3.63, 3.8) is 0 Å². The molecule has 0 saturated carbocycles. The minimum absolute atomic E-state index is 0.310. The van der Waals surface area contributed by atoms with Gasteiger partial charge in [-0.1, -0.05) is 12.6 Å². The van der Waals surface area contributed by atoms with Gasteiger partial charge in [-0.15, -0.1) is 0 Å². The Hall–Kier alpha value is -1.83. The van der Waals surface area contributed by atoms with E-state index in [0.29, 0.717) is 12.3 Å². The third kappa shape index (κ3) is 1.35. The zero-order chi connectivity index (χ0) is 9.97. The van der Waals surface area contributed by atoms with E-state index in [0.717, 1.165) is 10.9 Å². The lowest BCUT2D eigenvalue weighted by Crippen LogP contribution is -2.32. The second-order valence-electron chi connectivity index (χ2n) is 3.16. The van der Waals surface area contributed by atoms with E-state index >= 15 is 0 Å². The van der Waals surface area contributed by atoms with Crippen LogP contribution in [-0.4, -0.2) is 5.11 Å². The number of aromatic nitrogens is 1. The van der Waals surface area contributed by atoms with E-state index < -0.39 is 0 Å². The van der Waals surface area contributed by atoms with Gasteiger partial charge in [0.2, 0.25) is 0 Å². The summed E-state index contributed by atoms with van der Waals surface area (Å²) in [5.74, 6) is 0.310. The molecule has 0 aliphatic rings. The molecule has 1 heterocycles. The molecule has 0 radical (unpaired) electrons. The largest absolute Gasteiger partial charge is 0.502 e. The van der Waals surface area contributed by atoms with Crippen molar-refractivity contribution in [3.05, 3.63) is 49.2 Å². The summed E-state index contributed by atoms with van der Waals surface area (Å²) in [5, 5.41) is 10.8. The molecule has 1 aromatic carbocycles. The van der Waals surface area contributed by atoms with Gasteiger partial charge in [-0.3, -0.25) is 0 Å². The van der Waals surface area contributed by atoms with Crippen LogP contribution in [0.5, 0.6) is 5.75 Å². The molecule has 1 N–H and O–H groups in total. The van der Waals surface area contributed by atoms with Crippen LogP contribution in [-0.2, 0) is 6.54 Å². The van der Waals surface area contributed by atoms with Gasteiger partial charge in [0, 0.05) is 6.07 Å². The average Bonchev–Trinajstić information content (AvgIpc) is 2.19. The van der Waals surface area contributed by atoms with Crippen molar-refractivity contribution < 1.29 is 9.67 Å². The van der Waals surface area contributed by atoms with E-state index in [1.54, 1.807) is 6.07 Å². The van der Waals surface area contributed by atoms with Gasteiger partial charge >= 0.3 is 0 Å². The predicted molar refractivity (Wildman–Crippen MR) is 56.0 cm³/mol. The van der Waals surface area contributed by atoms with Gasteiger partial charge in [0.1, 0.15) is 0 Å². The smallest absolute Gasteiger partial charge is 0.254 e. The normalized spacial score (nSPS) is 10.3. The number of hydrogen-bond donors (Lipinski definition) is 1. The number of aromatic hydroxyl groups is 1. The SMILES string of the molecule is C=CC[n+]1cccc2cccc(O)c21. The van der Waals surface area contributed by atoms with E-state index in [2.05, 4.69) is 6.58 Å². The maximum absolute atomic E-state index is 9.72. The molecule has 2 rings (SSSR count). The summed E-state index contributed by atoms with van der Waals surface area (Å²) >= 11 is 0. The summed E-state index contributed by atoms with van der Waals surface area (Å²) in [6.45, 7) is 4.39. The summed E-state index contributed by atoms with van der Waals surface area (Å²) in [6.07, 6.45) is 3.75. The van der Waals surface area contributed by atoms with Crippen molar-refractivity contribution in [2.24, 2.45) is 0 Å². The first-order chi connectivity index (χ1) is 6.83. The van der Waals surface area contributed by atoms with Crippen LogP contribution in [0.15, 0.2) is 49.2 Å². The van der Waals surface area contributed by atoms with Gasteiger partial charge in [-0.25, -0.2) is 0 Å². The molecule has 1 aromatic heterocycles. The average molecular weight is 186 g/mol. The standard InChI is InChI=1S/C12H11NO/c1-2-8-13-9-4-6-10-5-3-7-11(14)12(10)13/h2-7,9H,1,8H2/p+1. The zero-order valence-corrected chi connectivity index (χ0v) is 7.85. The number of allylic oxidation sites excluding steroid dienone is 1. The molecule has 14 heavy (non-hydrogen) atoms. The summed E-state index contributed by atoms with van der Waals surface area (Å²) in [4.78, 5) is 0. The van der Waals surface area contributed by atoms with Crippen LogP contribution in [0.2, 0.25) is 0 Å². The van der Waals surface area contributed by atoms with E-state index in [-0.39, 0.29) is 0 Å². The van der Waals surface area contributed by atoms with E-state index in [9.17, 15) is 5.11 Å². The minimum Gasteiger partial charge on any atom is -0.502 e. The highest BCUT2D eigenvalue weighted by molar-refractivity contribution is 5.80. The van der Waals surface area contributed by atoms with Crippen LogP contribution < -0.4 is 4.57 Å². The molecule has 0 spiro atoms. The van der Waals surface area contributed by atoms with Crippen molar-refractivity contribution >= 4 is 10.9 Å². The minimum atomic E-state index is 0.310. The number of hydrogen-bond acceptors (Lipinski definition) is 1. The number of phenols is 1. The molecule has 0 saturated heterocycles.